The number of hydrogen-bond donors (Lipinski definition) is 2. The van der Waals surface area contributed by atoms with Crippen LogP contribution in [0.15, 0.2) is 0 Å². The van der Waals surface area contributed by atoms with Gasteiger partial charge in [0.25, 0.3) is 0 Å². The molecule has 0 aromatic carbocycles. The van der Waals surface area contributed by atoms with Crippen LogP contribution in [0.4, 0.5) is 0 Å². The SMILES string of the molecule is C[C@@H](C(=O)O)C1(O)CCC1. The van der Waals surface area contributed by atoms with Crippen molar-refractivity contribution in [3.8, 4) is 0 Å². The van der Waals surface area contributed by atoms with Crippen LogP contribution in [-0.4, -0.2) is 21.8 Å². The van der Waals surface area contributed by atoms with Crippen LogP contribution in [0.25, 0.3) is 0 Å². The standard InChI is InChI=1S/C7H12O3/c1-5(6(8)9)7(10)3-2-4-7/h5,10H,2-4H2,1H3,(H,8,9)/t5-/m0/s1. The number of carboxylic acids is 1. The second-order valence-electron chi connectivity index (χ2n) is 3.02. The fourth-order valence-corrected chi connectivity index (χ4v) is 1.20. The lowest BCUT2D eigenvalue weighted by molar-refractivity contribution is -0.158. The quantitative estimate of drug-likeness (QED) is 0.597. The summed E-state index contributed by atoms with van der Waals surface area (Å²) in [5.41, 5.74) is -0.897. The lowest BCUT2D eigenvalue weighted by Gasteiger charge is -2.39. The van der Waals surface area contributed by atoms with E-state index in [-0.39, 0.29) is 0 Å². The molecule has 2 N–H and O–H groups in total. The Morgan fingerprint density at radius 2 is 2.10 bits per heavy atom. The van der Waals surface area contributed by atoms with E-state index in [1.807, 2.05) is 0 Å². The van der Waals surface area contributed by atoms with Crippen LogP contribution in [0.1, 0.15) is 26.2 Å². The summed E-state index contributed by atoms with van der Waals surface area (Å²) in [7, 11) is 0. The molecule has 0 unspecified atom stereocenters. The van der Waals surface area contributed by atoms with Crippen molar-refractivity contribution >= 4 is 5.97 Å². The summed E-state index contributed by atoms with van der Waals surface area (Å²) in [5.74, 6) is -1.51. The van der Waals surface area contributed by atoms with E-state index in [1.165, 1.54) is 0 Å². The Kier molecular flexibility index (Phi) is 1.68. The van der Waals surface area contributed by atoms with Gasteiger partial charge in [-0.1, -0.05) is 0 Å². The van der Waals surface area contributed by atoms with E-state index in [4.69, 9.17) is 5.11 Å². The van der Waals surface area contributed by atoms with Crippen molar-refractivity contribution in [2.24, 2.45) is 5.92 Å². The Labute approximate surface area is 59.7 Å². The Bertz CT molecular complexity index is 149. The molecule has 1 atom stereocenters. The molecule has 1 aliphatic carbocycles. The molecular weight excluding hydrogens is 132 g/mol. The molecule has 0 spiro atoms. The molecule has 0 radical (unpaired) electrons. The topological polar surface area (TPSA) is 57.5 Å². The molecule has 0 aliphatic heterocycles. The van der Waals surface area contributed by atoms with Gasteiger partial charge in [-0.05, 0) is 26.2 Å². The molecular formula is C7H12O3. The van der Waals surface area contributed by atoms with Crippen LogP contribution < -0.4 is 0 Å². The van der Waals surface area contributed by atoms with Gasteiger partial charge in [-0.2, -0.15) is 0 Å². The zero-order valence-corrected chi connectivity index (χ0v) is 6.00. The lowest BCUT2D eigenvalue weighted by Crippen LogP contribution is -2.46. The molecule has 1 saturated carbocycles. The molecule has 1 aliphatic rings. The van der Waals surface area contributed by atoms with Crippen LogP contribution >= 0.6 is 0 Å². The molecule has 0 bridgehead atoms. The van der Waals surface area contributed by atoms with Crippen LogP contribution in [0.3, 0.4) is 0 Å². The third kappa shape index (κ3) is 1.01. The van der Waals surface area contributed by atoms with E-state index in [1.54, 1.807) is 6.92 Å². The minimum absolute atomic E-state index is 0.610. The van der Waals surface area contributed by atoms with Crippen molar-refractivity contribution in [1.29, 1.82) is 0 Å². The van der Waals surface area contributed by atoms with Gasteiger partial charge in [-0.15, -0.1) is 0 Å². The molecule has 58 valence electrons. The maximum absolute atomic E-state index is 10.4. The first kappa shape index (κ1) is 7.54. The van der Waals surface area contributed by atoms with Crippen molar-refractivity contribution in [3.63, 3.8) is 0 Å². The molecule has 10 heavy (non-hydrogen) atoms. The van der Waals surface area contributed by atoms with Gasteiger partial charge >= 0.3 is 5.97 Å². The van der Waals surface area contributed by atoms with Gasteiger partial charge in [0.1, 0.15) is 0 Å². The molecule has 0 heterocycles. The molecule has 3 nitrogen and oxygen atoms in total. The highest BCUT2D eigenvalue weighted by molar-refractivity contribution is 5.71. The zero-order chi connectivity index (χ0) is 7.78. The molecule has 1 fully saturated rings. The van der Waals surface area contributed by atoms with Gasteiger partial charge in [0.2, 0.25) is 0 Å². The van der Waals surface area contributed by atoms with E-state index in [2.05, 4.69) is 0 Å². The first-order valence-electron chi connectivity index (χ1n) is 3.51. The fourth-order valence-electron chi connectivity index (χ4n) is 1.20. The summed E-state index contributed by atoms with van der Waals surface area (Å²) < 4.78 is 0. The Morgan fingerprint density at radius 1 is 1.60 bits per heavy atom. The van der Waals surface area contributed by atoms with Gasteiger partial charge in [0.15, 0.2) is 0 Å². The van der Waals surface area contributed by atoms with E-state index >= 15 is 0 Å². The number of aliphatic hydroxyl groups is 1. The molecule has 0 aromatic heterocycles. The first-order chi connectivity index (χ1) is 4.56. The molecule has 0 aromatic rings. The summed E-state index contributed by atoms with van der Waals surface area (Å²) in [5, 5.41) is 18.0. The summed E-state index contributed by atoms with van der Waals surface area (Å²) in [6, 6.07) is 0. The number of rotatable bonds is 2. The highest BCUT2D eigenvalue weighted by Crippen LogP contribution is 2.38. The number of aliphatic carboxylic acids is 1. The lowest BCUT2D eigenvalue weighted by atomic mass is 9.72. The minimum atomic E-state index is -0.901. The Morgan fingerprint density at radius 3 is 2.20 bits per heavy atom. The second-order valence-corrected chi connectivity index (χ2v) is 3.02. The maximum atomic E-state index is 10.4. The summed E-state index contributed by atoms with van der Waals surface area (Å²) in [6.45, 7) is 1.56. The third-order valence-corrected chi connectivity index (χ3v) is 2.40. The largest absolute Gasteiger partial charge is 0.481 e. The zero-order valence-electron chi connectivity index (χ0n) is 6.00. The molecule has 1 rings (SSSR count). The van der Waals surface area contributed by atoms with Gasteiger partial charge < -0.3 is 10.2 Å². The van der Waals surface area contributed by atoms with E-state index < -0.39 is 17.5 Å². The molecule has 0 amide bonds. The van der Waals surface area contributed by atoms with Gasteiger partial charge in [-0.25, -0.2) is 0 Å². The van der Waals surface area contributed by atoms with Crippen molar-refractivity contribution in [2.75, 3.05) is 0 Å². The average molecular weight is 144 g/mol. The summed E-state index contributed by atoms with van der Waals surface area (Å²) in [4.78, 5) is 10.4. The summed E-state index contributed by atoms with van der Waals surface area (Å²) in [6.07, 6.45) is 2.23. The highest BCUT2D eigenvalue weighted by atomic mass is 16.4. The maximum Gasteiger partial charge on any atom is 0.309 e. The average Bonchev–Trinajstić information content (AvgIpc) is 1.81. The third-order valence-electron chi connectivity index (χ3n) is 2.40. The Balaban J connectivity index is 2.54. The number of carbonyl (C=O) groups is 1. The predicted octanol–water partition coefficient (Wildman–Crippen LogP) is 0.622. The van der Waals surface area contributed by atoms with Crippen LogP contribution in [0.2, 0.25) is 0 Å². The normalized spacial score (nSPS) is 25.0. The minimum Gasteiger partial charge on any atom is -0.481 e. The highest BCUT2D eigenvalue weighted by Gasteiger charge is 2.43. The molecule has 0 saturated heterocycles. The van der Waals surface area contributed by atoms with Crippen molar-refractivity contribution in [3.05, 3.63) is 0 Å². The van der Waals surface area contributed by atoms with E-state index in [9.17, 15) is 9.90 Å². The van der Waals surface area contributed by atoms with Gasteiger partial charge in [0.05, 0.1) is 11.5 Å². The van der Waals surface area contributed by atoms with Crippen molar-refractivity contribution in [1.82, 2.24) is 0 Å². The predicted molar refractivity (Wildman–Crippen MR) is 35.6 cm³/mol. The number of hydrogen-bond acceptors (Lipinski definition) is 2. The summed E-state index contributed by atoms with van der Waals surface area (Å²) >= 11 is 0. The second kappa shape index (κ2) is 2.23. The van der Waals surface area contributed by atoms with Crippen LogP contribution in [-0.2, 0) is 4.79 Å². The van der Waals surface area contributed by atoms with E-state index in [0.717, 1.165) is 6.42 Å². The fraction of sp³-hybridized carbons (Fsp3) is 0.857. The van der Waals surface area contributed by atoms with Gasteiger partial charge in [0, 0.05) is 0 Å². The molecule has 3 heteroatoms. The monoisotopic (exact) mass is 144 g/mol. The Hall–Kier alpha value is -0.570. The first-order valence-corrected chi connectivity index (χ1v) is 3.51. The van der Waals surface area contributed by atoms with Crippen LogP contribution in [0.5, 0.6) is 0 Å². The van der Waals surface area contributed by atoms with Gasteiger partial charge in [-0.3, -0.25) is 4.79 Å². The van der Waals surface area contributed by atoms with E-state index in [0.29, 0.717) is 12.8 Å². The van der Waals surface area contributed by atoms with Crippen molar-refractivity contribution < 1.29 is 15.0 Å². The smallest absolute Gasteiger partial charge is 0.309 e. The van der Waals surface area contributed by atoms with Crippen molar-refractivity contribution in [2.45, 2.75) is 31.8 Å². The number of carboxylic acid groups (broad SMARTS) is 1. The van der Waals surface area contributed by atoms with Crippen LogP contribution in [0, 0.1) is 5.92 Å².